The molecule has 0 saturated heterocycles. The fourth-order valence-electron chi connectivity index (χ4n) is 2.99. The van der Waals surface area contributed by atoms with E-state index in [-0.39, 0.29) is 5.69 Å². The van der Waals surface area contributed by atoms with Crippen LogP contribution in [-0.2, 0) is 19.6 Å². The molecule has 0 spiro atoms. The summed E-state index contributed by atoms with van der Waals surface area (Å²) in [7, 11) is 0. The predicted octanol–water partition coefficient (Wildman–Crippen LogP) is 3.42. The van der Waals surface area contributed by atoms with Crippen molar-refractivity contribution in [3.8, 4) is 17.1 Å². The minimum absolute atomic E-state index is 0.152. The summed E-state index contributed by atoms with van der Waals surface area (Å²) < 4.78 is 7.59. The van der Waals surface area contributed by atoms with E-state index in [4.69, 9.17) is 16.3 Å². The van der Waals surface area contributed by atoms with Crippen LogP contribution in [0.3, 0.4) is 0 Å². The topological polar surface area (TPSA) is 59.9 Å². The Morgan fingerprint density at radius 1 is 1.21 bits per heavy atom. The minimum Gasteiger partial charge on any atom is -0.489 e. The van der Waals surface area contributed by atoms with Gasteiger partial charge in [0.05, 0.1) is 0 Å². The minimum atomic E-state index is -0.152. The van der Waals surface area contributed by atoms with Crippen molar-refractivity contribution >= 4 is 11.6 Å². The molecular formula is C18H16ClN3O2. The Morgan fingerprint density at radius 3 is 2.88 bits per heavy atom. The molecule has 0 amide bonds. The lowest BCUT2D eigenvalue weighted by atomic mass is 10.0. The maximum Gasteiger partial charge on any atom is 0.343 e. The molecule has 6 heteroatoms. The number of benzene rings is 2. The van der Waals surface area contributed by atoms with Crippen LogP contribution in [0.5, 0.6) is 5.75 Å². The summed E-state index contributed by atoms with van der Waals surface area (Å²) in [5.41, 5.74) is 3.06. The second-order valence-corrected chi connectivity index (χ2v) is 6.28. The molecule has 0 fully saturated rings. The lowest BCUT2D eigenvalue weighted by Crippen LogP contribution is -2.16. The highest BCUT2D eigenvalue weighted by molar-refractivity contribution is 6.30. The zero-order chi connectivity index (χ0) is 16.5. The molecule has 1 aliphatic heterocycles. The Balaban J connectivity index is 1.58. The molecule has 0 unspecified atom stereocenters. The predicted molar refractivity (Wildman–Crippen MR) is 92.4 cm³/mol. The van der Waals surface area contributed by atoms with Crippen LogP contribution in [0.1, 0.15) is 17.5 Å². The molecule has 1 aromatic heterocycles. The highest BCUT2D eigenvalue weighted by Crippen LogP contribution is 2.29. The number of halogens is 1. The highest BCUT2D eigenvalue weighted by atomic mass is 35.5. The molecule has 0 saturated carbocycles. The molecule has 5 nitrogen and oxygen atoms in total. The van der Waals surface area contributed by atoms with E-state index in [0.717, 1.165) is 35.3 Å². The fourth-order valence-corrected chi connectivity index (χ4v) is 3.12. The smallest absolute Gasteiger partial charge is 0.343 e. The van der Waals surface area contributed by atoms with Crippen molar-refractivity contribution in [3.63, 3.8) is 0 Å². The van der Waals surface area contributed by atoms with E-state index < -0.39 is 0 Å². The van der Waals surface area contributed by atoms with Crippen molar-refractivity contribution in [1.82, 2.24) is 14.8 Å². The monoisotopic (exact) mass is 341 g/mol. The van der Waals surface area contributed by atoms with E-state index >= 15 is 0 Å². The number of ether oxygens (including phenoxy) is 1. The van der Waals surface area contributed by atoms with Gasteiger partial charge in [0.25, 0.3) is 0 Å². The number of nitrogens with one attached hydrogen (secondary N) is 1. The lowest BCUT2D eigenvalue weighted by molar-refractivity contribution is 0.306. The molecule has 1 N–H and O–H groups in total. The maximum atomic E-state index is 11.8. The van der Waals surface area contributed by atoms with Gasteiger partial charge in [-0.2, -0.15) is 5.10 Å². The van der Waals surface area contributed by atoms with Gasteiger partial charge in [0.15, 0.2) is 5.82 Å². The number of aryl methyl sites for hydroxylation is 1. The standard InChI is InChI=1S/C18H16ClN3O2/c19-14-5-3-12(4-6-14)11-24-15-7-8-16-13(10-15)2-1-9-22-17(16)20-21-18(22)23/h3-8,10H,1-2,9,11H2,(H,21,23). The third-order valence-corrected chi connectivity index (χ3v) is 4.47. The first kappa shape index (κ1) is 15.0. The number of fused-ring (bicyclic) bond motifs is 3. The van der Waals surface area contributed by atoms with Crippen LogP contribution in [0.25, 0.3) is 11.4 Å². The Labute approximate surface area is 143 Å². The summed E-state index contributed by atoms with van der Waals surface area (Å²) in [6.07, 6.45) is 1.80. The number of rotatable bonds is 3. The van der Waals surface area contributed by atoms with E-state index in [2.05, 4.69) is 10.2 Å². The summed E-state index contributed by atoms with van der Waals surface area (Å²) in [5, 5.41) is 7.41. The van der Waals surface area contributed by atoms with Crippen LogP contribution in [-0.4, -0.2) is 14.8 Å². The molecule has 24 heavy (non-hydrogen) atoms. The Bertz CT molecular complexity index is 928. The van der Waals surface area contributed by atoms with Crippen molar-refractivity contribution in [2.45, 2.75) is 26.0 Å². The number of H-pyrrole nitrogens is 1. The van der Waals surface area contributed by atoms with Crippen molar-refractivity contribution < 1.29 is 4.74 Å². The number of nitrogens with zero attached hydrogens (tertiary/aromatic N) is 2. The third-order valence-electron chi connectivity index (χ3n) is 4.22. The third kappa shape index (κ3) is 2.83. The molecule has 1 aliphatic rings. The summed E-state index contributed by atoms with van der Waals surface area (Å²) in [6.45, 7) is 1.17. The van der Waals surface area contributed by atoms with E-state index in [1.54, 1.807) is 4.57 Å². The number of hydrogen-bond acceptors (Lipinski definition) is 3. The summed E-state index contributed by atoms with van der Waals surface area (Å²) in [6, 6.07) is 13.6. The summed E-state index contributed by atoms with van der Waals surface area (Å²) >= 11 is 5.89. The maximum absolute atomic E-state index is 11.8. The molecule has 4 rings (SSSR count). The number of aromatic nitrogens is 3. The molecule has 2 heterocycles. The average molecular weight is 342 g/mol. The second kappa shape index (κ2) is 6.17. The fraction of sp³-hybridized carbons (Fsp3) is 0.222. The molecular weight excluding hydrogens is 326 g/mol. The van der Waals surface area contributed by atoms with E-state index in [1.165, 1.54) is 0 Å². The average Bonchev–Trinajstić information content (AvgIpc) is 2.85. The largest absolute Gasteiger partial charge is 0.489 e. The van der Waals surface area contributed by atoms with E-state index in [0.29, 0.717) is 24.0 Å². The molecule has 0 radical (unpaired) electrons. The first-order chi connectivity index (χ1) is 11.7. The first-order valence-corrected chi connectivity index (χ1v) is 8.24. The second-order valence-electron chi connectivity index (χ2n) is 5.84. The highest BCUT2D eigenvalue weighted by Gasteiger charge is 2.18. The van der Waals surface area contributed by atoms with E-state index in [9.17, 15) is 4.79 Å². The normalized spacial score (nSPS) is 13.0. The zero-order valence-electron chi connectivity index (χ0n) is 13.0. The van der Waals surface area contributed by atoms with Crippen molar-refractivity contribution in [2.75, 3.05) is 0 Å². The summed E-state index contributed by atoms with van der Waals surface area (Å²) in [4.78, 5) is 11.8. The van der Waals surface area contributed by atoms with Gasteiger partial charge in [-0.15, -0.1) is 0 Å². The first-order valence-electron chi connectivity index (χ1n) is 7.86. The Kier molecular flexibility index (Phi) is 3.86. The molecule has 2 aromatic carbocycles. The van der Waals surface area contributed by atoms with Crippen LogP contribution < -0.4 is 10.4 Å². The van der Waals surface area contributed by atoms with Gasteiger partial charge >= 0.3 is 5.69 Å². The van der Waals surface area contributed by atoms with E-state index in [1.807, 2.05) is 42.5 Å². The van der Waals surface area contributed by atoms with Gasteiger partial charge in [-0.3, -0.25) is 4.57 Å². The van der Waals surface area contributed by atoms with Gasteiger partial charge in [-0.25, -0.2) is 9.89 Å². The number of aromatic amines is 1. The van der Waals surface area contributed by atoms with Crippen LogP contribution in [0, 0.1) is 0 Å². The lowest BCUT2D eigenvalue weighted by Gasteiger charge is -2.10. The van der Waals surface area contributed by atoms with Gasteiger partial charge in [0.2, 0.25) is 0 Å². The van der Waals surface area contributed by atoms with Crippen LogP contribution in [0.15, 0.2) is 47.3 Å². The quantitative estimate of drug-likeness (QED) is 0.794. The zero-order valence-corrected chi connectivity index (χ0v) is 13.7. The molecule has 0 atom stereocenters. The Hall–Kier alpha value is -2.53. The molecule has 122 valence electrons. The molecule has 0 aliphatic carbocycles. The number of hydrogen-bond donors (Lipinski definition) is 1. The van der Waals surface area contributed by atoms with Gasteiger partial charge < -0.3 is 4.74 Å². The van der Waals surface area contributed by atoms with Crippen LogP contribution in [0.2, 0.25) is 5.02 Å². The van der Waals surface area contributed by atoms with Gasteiger partial charge in [-0.1, -0.05) is 23.7 Å². The van der Waals surface area contributed by atoms with Crippen molar-refractivity contribution in [3.05, 3.63) is 69.1 Å². The van der Waals surface area contributed by atoms with Crippen molar-refractivity contribution in [1.29, 1.82) is 0 Å². The van der Waals surface area contributed by atoms with Gasteiger partial charge in [0, 0.05) is 17.1 Å². The van der Waals surface area contributed by atoms with Crippen LogP contribution >= 0.6 is 11.6 Å². The van der Waals surface area contributed by atoms with Crippen molar-refractivity contribution in [2.24, 2.45) is 0 Å². The molecule has 3 aromatic rings. The van der Waals surface area contributed by atoms with Crippen LogP contribution in [0.4, 0.5) is 0 Å². The molecule has 0 bridgehead atoms. The Morgan fingerprint density at radius 2 is 2.04 bits per heavy atom. The van der Waals surface area contributed by atoms with Gasteiger partial charge in [0.1, 0.15) is 12.4 Å². The SMILES string of the molecule is O=c1[nH]nc2n1CCCc1cc(OCc3ccc(Cl)cc3)ccc1-2. The van der Waals surface area contributed by atoms with Gasteiger partial charge in [-0.05, 0) is 54.3 Å². The summed E-state index contributed by atoms with van der Waals surface area (Å²) in [5.74, 6) is 1.52.